The lowest BCUT2D eigenvalue weighted by atomic mass is 9.98. The first-order chi connectivity index (χ1) is 15.0. The largest absolute Gasteiger partial charge is 0.383 e. The van der Waals surface area contributed by atoms with Gasteiger partial charge in [0.25, 0.3) is 0 Å². The molecule has 1 aromatic heterocycles. The number of hydrogen-bond acceptors (Lipinski definition) is 6. The lowest BCUT2D eigenvalue weighted by molar-refractivity contribution is 0.425. The highest BCUT2D eigenvalue weighted by Gasteiger charge is 2.16. The molecule has 0 fully saturated rings. The molecule has 0 spiro atoms. The second-order valence-corrected chi connectivity index (χ2v) is 8.03. The van der Waals surface area contributed by atoms with Crippen LogP contribution >= 0.6 is 0 Å². The van der Waals surface area contributed by atoms with Crippen molar-refractivity contribution in [2.45, 2.75) is 26.2 Å². The summed E-state index contributed by atoms with van der Waals surface area (Å²) in [6, 6.07) is 16.9. The van der Waals surface area contributed by atoms with Crippen molar-refractivity contribution in [3.63, 3.8) is 0 Å². The molecule has 1 heterocycles. The predicted molar refractivity (Wildman–Crippen MR) is 129 cm³/mol. The Morgan fingerprint density at radius 2 is 1.77 bits per heavy atom. The van der Waals surface area contributed by atoms with Gasteiger partial charge >= 0.3 is 0 Å². The molecule has 0 aliphatic rings. The molecule has 0 radical (unpaired) electrons. The topological polar surface area (TPSA) is 90.9 Å². The van der Waals surface area contributed by atoms with Crippen LogP contribution in [0.2, 0.25) is 0 Å². The van der Waals surface area contributed by atoms with Gasteiger partial charge < -0.3 is 16.0 Å². The van der Waals surface area contributed by atoms with E-state index in [0.717, 1.165) is 31.4 Å². The van der Waals surface area contributed by atoms with Crippen LogP contribution < -0.4 is 11.1 Å². The zero-order valence-corrected chi connectivity index (χ0v) is 18.7. The van der Waals surface area contributed by atoms with E-state index in [1.807, 2.05) is 26.2 Å². The van der Waals surface area contributed by atoms with Crippen LogP contribution in [0.4, 0.5) is 11.6 Å². The van der Waals surface area contributed by atoms with E-state index in [0.29, 0.717) is 29.5 Å². The van der Waals surface area contributed by atoms with Gasteiger partial charge in [-0.3, -0.25) is 5.41 Å². The minimum atomic E-state index is 0.309. The van der Waals surface area contributed by atoms with Crippen molar-refractivity contribution in [1.29, 1.82) is 5.41 Å². The first kappa shape index (κ1) is 22.4. The molecule has 0 aliphatic carbocycles. The molecule has 4 N–H and O–H groups in total. The standard InChI is InChI=1S/C25H32N6/c1-4-6-18-7-5-8-20(15-18)16-19-9-11-21(12-10-19)23(26)22-24(27)29-17-30-25(22)28-13-14-31(2)3/h5,7-12,15,17,26H,4,6,13-14,16H2,1-3H3,(H3,27,28,29,30). The highest BCUT2D eigenvalue weighted by Crippen LogP contribution is 2.22. The molecular formula is C25H32N6. The van der Waals surface area contributed by atoms with E-state index in [-0.39, 0.29) is 0 Å². The summed E-state index contributed by atoms with van der Waals surface area (Å²) in [4.78, 5) is 10.5. The van der Waals surface area contributed by atoms with Gasteiger partial charge in [-0.2, -0.15) is 0 Å². The Morgan fingerprint density at radius 3 is 2.48 bits per heavy atom. The maximum Gasteiger partial charge on any atom is 0.141 e. The summed E-state index contributed by atoms with van der Waals surface area (Å²) in [5.41, 5.74) is 11.7. The number of anilines is 2. The van der Waals surface area contributed by atoms with Crippen molar-refractivity contribution in [2.24, 2.45) is 0 Å². The molecule has 6 nitrogen and oxygen atoms in total. The molecule has 0 bridgehead atoms. The third-order valence-corrected chi connectivity index (χ3v) is 5.16. The maximum absolute atomic E-state index is 8.73. The number of rotatable bonds is 10. The van der Waals surface area contributed by atoms with Crippen LogP contribution in [-0.2, 0) is 12.8 Å². The van der Waals surface area contributed by atoms with Crippen molar-refractivity contribution in [3.8, 4) is 0 Å². The van der Waals surface area contributed by atoms with E-state index in [1.165, 1.54) is 23.0 Å². The van der Waals surface area contributed by atoms with Crippen molar-refractivity contribution < 1.29 is 0 Å². The van der Waals surface area contributed by atoms with Crippen LogP contribution in [-0.4, -0.2) is 47.8 Å². The number of nitrogens with two attached hydrogens (primary N) is 1. The Bertz CT molecular complexity index is 1010. The Balaban J connectivity index is 1.75. The maximum atomic E-state index is 8.73. The summed E-state index contributed by atoms with van der Waals surface area (Å²) >= 11 is 0. The quantitative estimate of drug-likeness (QED) is 0.435. The number of likely N-dealkylation sites (N-methyl/N-ethyl adjacent to an activating group) is 1. The van der Waals surface area contributed by atoms with Gasteiger partial charge in [0.15, 0.2) is 0 Å². The van der Waals surface area contributed by atoms with E-state index in [1.54, 1.807) is 0 Å². The van der Waals surface area contributed by atoms with Crippen LogP contribution in [0.25, 0.3) is 0 Å². The minimum absolute atomic E-state index is 0.309. The van der Waals surface area contributed by atoms with Crippen LogP contribution in [0.5, 0.6) is 0 Å². The average Bonchev–Trinajstić information content (AvgIpc) is 2.74. The Morgan fingerprint density at radius 1 is 1.03 bits per heavy atom. The van der Waals surface area contributed by atoms with E-state index >= 15 is 0 Å². The summed E-state index contributed by atoms with van der Waals surface area (Å²) < 4.78 is 0. The second-order valence-electron chi connectivity index (χ2n) is 8.03. The zero-order valence-electron chi connectivity index (χ0n) is 18.7. The van der Waals surface area contributed by atoms with Gasteiger partial charge in [0, 0.05) is 18.7 Å². The normalized spacial score (nSPS) is 11.0. The monoisotopic (exact) mass is 416 g/mol. The van der Waals surface area contributed by atoms with E-state index in [2.05, 4.69) is 63.5 Å². The number of hydrogen-bond donors (Lipinski definition) is 3. The van der Waals surface area contributed by atoms with Crippen molar-refractivity contribution in [1.82, 2.24) is 14.9 Å². The molecule has 0 saturated carbocycles. The van der Waals surface area contributed by atoms with E-state index in [9.17, 15) is 0 Å². The number of nitrogens with zero attached hydrogens (tertiary/aromatic N) is 3. The number of aromatic nitrogens is 2. The van der Waals surface area contributed by atoms with E-state index in [4.69, 9.17) is 11.1 Å². The first-order valence-electron chi connectivity index (χ1n) is 10.7. The summed E-state index contributed by atoms with van der Waals surface area (Å²) in [5.74, 6) is 0.903. The number of aryl methyl sites for hydroxylation is 1. The van der Waals surface area contributed by atoms with Gasteiger partial charge in [-0.25, -0.2) is 9.97 Å². The van der Waals surface area contributed by atoms with Crippen LogP contribution in [0.3, 0.4) is 0 Å². The third kappa shape index (κ3) is 6.12. The zero-order chi connectivity index (χ0) is 22.2. The molecule has 3 aromatic rings. The summed E-state index contributed by atoms with van der Waals surface area (Å²) in [5, 5.41) is 12.0. The fraction of sp³-hybridized carbons (Fsp3) is 0.320. The van der Waals surface area contributed by atoms with Crippen molar-refractivity contribution in [3.05, 3.63) is 82.7 Å². The fourth-order valence-electron chi connectivity index (χ4n) is 3.53. The number of nitrogen functional groups attached to an aromatic ring is 1. The van der Waals surface area contributed by atoms with Gasteiger partial charge in [-0.15, -0.1) is 0 Å². The fourth-order valence-corrected chi connectivity index (χ4v) is 3.53. The van der Waals surface area contributed by atoms with Crippen LogP contribution in [0, 0.1) is 5.41 Å². The van der Waals surface area contributed by atoms with Crippen molar-refractivity contribution >= 4 is 17.3 Å². The minimum Gasteiger partial charge on any atom is -0.383 e. The molecule has 3 rings (SSSR count). The second kappa shape index (κ2) is 10.7. The molecule has 0 atom stereocenters. The van der Waals surface area contributed by atoms with Gasteiger partial charge in [0.05, 0.1) is 11.3 Å². The molecule has 6 heteroatoms. The molecule has 2 aromatic carbocycles. The SMILES string of the molecule is CCCc1cccc(Cc2ccc(C(=N)c3c(N)ncnc3NCCN(C)C)cc2)c1. The number of benzene rings is 2. The molecule has 0 unspecified atom stereocenters. The highest BCUT2D eigenvalue weighted by molar-refractivity contribution is 6.16. The Labute approximate surface area is 185 Å². The third-order valence-electron chi connectivity index (χ3n) is 5.16. The Hall–Kier alpha value is -3.25. The first-order valence-corrected chi connectivity index (χ1v) is 10.7. The van der Waals surface area contributed by atoms with Gasteiger partial charge in [-0.1, -0.05) is 61.9 Å². The average molecular weight is 417 g/mol. The molecule has 0 amide bonds. The van der Waals surface area contributed by atoms with Gasteiger partial charge in [0.1, 0.15) is 18.0 Å². The molecule has 162 valence electrons. The molecular weight excluding hydrogens is 384 g/mol. The molecule has 31 heavy (non-hydrogen) atoms. The number of nitrogens with one attached hydrogen (secondary N) is 2. The van der Waals surface area contributed by atoms with Crippen LogP contribution in [0.15, 0.2) is 54.9 Å². The summed E-state index contributed by atoms with van der Waals surface area (Å²) in [6.07, 6.45) is 4.56. The van der Waals surface area contributed by atoms with E-state index < -0.39 is 0 Å². The summed E-state index contributed by atoms with van der Waals surface area (Å²) in [6.45, 7) is 3.76. The lowest BCUT2D eigenvalue weighted by Crippen LogP contribution is -2.22. The molecule has 0 aliphatic heterocycles. The molecule has 0 saturated heterocycles. The smallest absolute Gasteiger partial charge is 0.141 e. The van der Waals surface area contributed by atoms with Crippen molar-refractivity contribution in [2.75, 3.05) is 38.2 Å². The summed E-state index contributed by atoms with van der Waals surface area (Å²) in [7, 11) is 4.03. The lowest BCUT2D eigenvalue weighted by Gasteiger charge is -2.15. The predicted octanol–water partition coefficient (Wildman–Crippen LogP) is 3.99. The Kier molecular flexibility index (Phi) is 7.73. The van der Waals surface area contributed by atoms with Crippen LogP contribution in [0.1, 0.15) is 41.2 Å². The van der Waals surface area contributed by atoms with Gasteiger partial charge in [0.2, 0.25) is 0 Å². The highest BCUT2D eigenvalue weighted by atomic mass is 15.1. The van der Waals surface area contributed by atoms with Gasteiger partial charge in [-0.05, 0) is 43.6 Å².